The number of hydrogen-bond acceptors (Lipinski definition) is 3. The van der Waals surface area contributed by atoms with Crippen LogP contribution in [0, 0.1) is 11.7 Å². The van der Waals surface area contributed by atoms with Crippen molar-refractivity contribution in [3.05, 3.63) is 29.6 Å². The molecule has 2 rings (SSSR count). The van der Waals surface area contributed by atoms with Crippen molar-refractivity contribution in [3.8, 4) is 0 Å². The Balaban J connectivity index is 2.17. The highest BCUT2D eigenvalue weighted by Gasteiger charge is 2.26. The summed E-state index contributed by atoms with van der Waals surface area (Å²) in [6.45, 7) is 2.91. The van der Waals surface area contributed by atoms with Gasteiger partial charge in [-0.05, 0) is 37.0 Å². The number of carbonyl (C=O) groups is 1. The summed E-state index contributed by atoms with van der Waals surface area (Å²) in [4.78, 5) is 10.8. The first-order valence-corrected chi connectivity index (χ1v) is 8.04. The van der Waals surface area contributed by atoms with Gasteiger partial charge in [0.05, 0.1) is 11.3 Å². The number of rotatable bonds is 4. The largest absolute Gasteiger partial charge is 0.478 e. The molecule has 0 aliphatic carbocycles. The van der Waals surface area contributed by atoms with Gasteiger partial charge in [-0.15, -0.1) is 0 Å². The third-order valence-corrected chi connectivity index (χ3v) is 5.06. The normalized spacial score (nSPS) is 17.6. The molecular weight excluding hydrogens is 299 g/mol. The molecule has 2 N–H and O–H groups in total. The average Bonchev–Trinajstić information content (AvgIpc) is 2.41. The number of carboxylic acid groups (broad SMARTS) is 1. The number of carboxylic acids is 1. The molecule has 21 heavy (non-hydrogen) atoms. The SMILES string of the molecule is CC1CCN(S(=O)(=O)Nc2ccc(F)c(C(=O)O)c2)CC1. The van der Waals surface area contributed by atoms with E-state index >= 15 is 0 Å². The quantitative estimate of drug-likeness (QED) is 0.888. The first kappa shape index (κ1) is 15.7. The third kappa shape index (κ3) is 3.70. The Morgan fingerprint density at radius 1 is 1.38 bits per heavy atom. The Kier molecular flexibility index (Phi) is 4.48. The van der Waals surface area contributed by atoms with Crippen LogP contribution in [0.2, 0.25) is 0 Å². The van der Waals surface area contributed by atoms with Crippen molar-refractivity contribution in [1.82, 2.24) is 4.31 Å². The highest BCUT2D eigenvalue weighted by Crippen LogP contribution is 2.21. The molecule has 0 atom stereocenters. The molecule has 1 saturated heterocycles. The highest BCUT2D eigenvalue weighted by molar-refractivity contribution is 7.90. The molecule has 1 aromatic rings. The standard InChI is InChI=1S/C13H17FN2O4S/c1-9-4-6-16(7-5-9)21(19,20)15-10-2-3-12(14)11(8-10)13(17)18/h2-3,8-9,15H,4-7H2,1H3,(H,17,18). The second-order valence-corrected chi connectivity index (χ2v) is 6.86. The Labute approximate surface area is 122 Å². The third-order valence-electron chi connectivity index (χ3n) is 3.53. The van der Waals surface area contributed by atoms with Gasteiger partial charge in [0.25, 0.3) is 0 Å². The summed E-state index contributed by atoms with van der Waals surface area (Å²) in [7, 11) is -3.75. The summed E-state index contributed by atoms with van der Waals surface area (Å²) in [6, 6.07) is 3.10. The van der Waals surface area contributed by atoms with E-state index in [9.17, 15) is 17.6 Å². The van der Waals surface area contributed by atoms with Gasteiger partial charge < -0.3 is 5.11 Å². The maximum Gasteiger partial charge on any atom is 0.338 e. The number of nitrogens with zero attached hydrogens (tertiary/aromatic N) is 1. The van der Waals surface area contributed by atoms with Crippen LogP contribution in [-0.2, 0) is 10.2 Å². The van der Waals surface area contributed by atoms with E-state index in [1.54, 1.807) is 0 Å². The lowest BCUT2D eigenvalue weighted by atomic mass is 10.0. The maximum absolute atomic E-state index is 13.3. The minimum absolute atomic E-state index is 0.0346. The van der Waals surface area contributed by atoms with Gasteiger partial charge in [0, 0.05) is 13.1 Å². The summed E-state index contributed by atoms with van der Waals surface area (Å²) in [6.07, 6.45) is 1.56. The molecule has 0 unspecified atom stereocenters. The van der Waals surface area contributed by atoms with Crippen LogP contribution in [-0.4, -0.2) is 36.9 Å². The van der Waals surface area contributed by atoms with E-state index in [0.717, 1.165) is 25.0 Å². The fraction of sp³-hybridized carbons (Fsp3) is 0.462. The highest BCUT2D eigenvalue weighted by atomic mass is 32.2. The van der Waals surface area contributed by atoms with Crippen LogP contribution in [0.5, 0.6) is 0 Å². The monoisotopic (exact) mass is 316 g/mol. The molecule has 6 nitrogen and oxygen atoms in total. The summed E-state index contributed by atoms with van der Waals surface area (Å²) in [5.41, 5.74) is -0.533. The predicted octanol–water partition coefficient (Wildman–Crippen LogP) is 1.91. The fourth-order valence-electron chi connectivity index (χ4n) is 2.19. The van der Waals surface area contributed by atoms with E-state index in [-0.39, 0.29) is 5.69 Å². The number of nitrogens with one attached hydrogen (secondary N) is 1. The Morgan fingerprint density at radius 3 is 2.57 bits per heavy atom. The van der Waals surface area contributed by atoms with Gasteiger partial charge >= 0.3 is 16.2 Å². The van der Waals surface area contributed by atoms with Gasteiger partial charge in [-0.3, -0.25) is 4.72 Å². The van der Waals surface area contributed by atoms with Crippen molar-refractivity contribution in [3.63, 3.8) is 0 Å². The number of benzene rings is 1. The first-order chi connectivity index (χ1) is 9.79. The second-order valence-electron chi connectivity index (χ2n) is 5.19. The molecular formula is C13H17FN2O4S. The van der Waals surface area contributed by atoms with Crippen LogP contribution in [0.1, 0.15) is 30.1 Å². The number of hydrogen-bond donors (Lipinski definition) is 2. The second kappa shape index (κ2) is 5.98. The van der Waals surface area contributed by atoms with E-state index in [2.05, 4.69) is 11.6 Å². The van der Waals surface area contributed by atoms with Crippen molar-refractivity contribution < 1.29 is 22.7 Å². The molecule has 1 heterocycles. The molecule has 8 heteroatoms. The Morgan fingerprint density at radius 2 is 2.00 bits per heavy atom. The predicted molar refractivity (Wildman–Crippen MR) is 75.9 cm³/mol. The summed E-state index contributed by atoms with van der Waals surface area (Å²) in [5, 5.41) is 8.84. The smallest absolute Gasteiger partial charge is 0.338 e. The van der Waals surface area contributed by atoms with Crippen LogP contribution in [0.25, 0.3) is 0 Å². The zero-order valence-electron chi connectivity index (χ0n) is 11.5. The van der Waals surface area contributed by atoms with Crippen LogP contribution < -0.4 is 4.72 Å². The van der Waals surface area contributed by atoms with Gasteiger partial charge in [-0.2, -0.15) is 12.7 Å². The van der Waals surface area contributed by atoms with E-state index < -0.39 is 27.6 Å². The lowest BCUT2D eigenvalue weighted by Crippen LogP contribution is -2.41. The molecule has 0 spiro atoms. The van der Waals surface area contributed by atoms with Crippen molar-refractivity contribution in [2.45, 2.75) is 19.8 Å². The van der Waals surface area contributed by atoms with Crippen LogP contribution in [0.4, 0.5) is 10.1 Å². The van der Waals surface area contributed by atoms with Crippen molar-refractivity contribution >= 4 is 21.9 Å². The first-order valence-electron chi connectivity index (χ1n) is 6.60. The molecule has 0 amide bonds. The van der Waals surface area contributed by atoms with Crippen molar-refractivity contribution in [2.24, 2.45) is 5.92 Å². The number of halogens is 1. The van der Waals surface area contributed by atoms with Gasteiger partial charge in [-0.25, -0.2) is 9.18 Å². The topological polar surface area (TPSA) is 86.7 Å². The molecule has 1 aromatic carbocycles. The lowest BCUT2D eigenvalue weighted by Gasteiger charge is -2.29. The number of aromatic carboxylic acids is 1. The minimum Gasteiger partial charge on any atom is -0.478 e. The van der Waals surface area contributed by atoms with Crippen molar-refractivity contribution in [2.75, 3.05) is 17.8 Å². The molecule has 0 radical (unpaired) electrons. The minimum atomic E-state index is -3.75. The Bertz CT molecular complexity index is 640. The summed E-state index contributed by atoms with van der Waals surface area (Å²) >= 11 is 0. The molecule has 0 aromatic heterocycles. The van der Waals surface area contributed by atoms with Gasteiger partial charge in [0.2, 0.25) is 0 Å². The lowest BCUT2D eigenvalue weighted by molar-refractivity contribution is 0.0692. The van der Waals surface area contributed by atoms with E-state index in [0.29, 0.717) is 19.0 Å². The van der Waals surface area contributed by atoms with Gasteiger partial charge in [0.1, 0.15) is 5.82 Å². The molecule has 0 bridgehead atoms. The van der Waals surface area contributed by atoms with Crippen LogP contribution in [0.15, 0.2) is 18.2 Å². The number of piperidine rings is 1. The van der Waals surface area contributed by atoms with Gasteiger partial charge in [0.15, 0.2) is 0 Å². The van der Waals surface area contributed by atoms with Crippen molar-refractivity contribution in [1.29, 1.82) is 0 Å². The molecule has 1 aliphatic rings. The summed E-state index contributed by atoms with van der Waals surface area (Å²) < 4.78 is 41.3. The zero-order valence-corrected chi connectivity index (χ0v) is 12.4. The molecule has 0 saturated carbocycles. The van der Waals surface area contributed by atoms with E-state index in [1.807, 2.05) is 0 Å². The van der Waals surface area contributed by atoms with Crippen LogP contribution >= 0.6 is 0 Å². The molecule has 1 fully saturated rings. The van der Waals surface area contributed by atoms with Crippen LogP contribution in [0.3, 0.4) is 0 Å². The Hall–Kier alpha value is -1.67. The molecule has 116 valence electrons. The summed E-state index contributed by atoms with van der Waals surface area (Å²) in [5.74, 6) is -1.86. The van der Waals surface area contributed by atoms with E-state index in [1.165, 1.54) is 10.4 Å². The zero-order chi connectivity index (χ0) is 15.6. The average molecular weight is 316 g/mol. The van der Waals surface area contributed by atoms with E-state index in [4.69, 9.17) is 5.11 Å². The van der Waals surface area contributed by atoms with Gasteiger partial charge in [-0.1, -0.05) is 6.92 Å². The maximum atomic E-state index is 13.3. The fourth-order valence-corrected chi connectivity index (χ4v) is 3.44. The number of anilines is 1. The molecule has 1 aliphatic heterocycles.